The Kier molecular flexibility index (Phi) is 3.27. The maximum absolute atomic E-state index is 12.5. The summed E-state index contributed by atoms with van der Waals surface area (Å²) in [7, 11) is 1.27. The molecule has 0 saturated heterocycles. The number of nitrogens with zero attached hydrogens (tertiary/aromatic N) is 2. The second-order valence-electron chi connectivity index (χ2n) is 2.96. The minimum absolute atomic E-state index is 0.219. The summed E-state index contributed by atoms with van der Waals surface area (Å²) in [5, 5.41) is 11.7. The van der Waals surface area contributed by atoms with Crippen molar-refractivity contribution in [2.45, 2.75) is 12.2 Å². The zero-order valence-corrected chi connectivity index (χ0v) is 8.47. The first-order valence-corrected chi connectivity index (χ1v) is 4.32. The van der Waals surface area contributed by atoms with E-state index in [2.05, 4.69) is 5.10 Å². The highest BCUT2D eigenvalue weighted by molar-refractivity contribution is 6.30. The topological polar surface area (TPSA) is 64.1 Å². The van der Waals surface area contributed by atoms with Crippen LogP contribution in [0.2, 0.25) is 5.15 Å². The third-order valence-corrected chi connectivity index (χ3v) is 2.30. The molecular formula is C7H9ClF3N3O. The van der Waals surface area contributed by atoms with E-state index in [9.17, 15) is 13.2 Å². The standard InChI is InChI=1S/C7H9ClF3N3O/c1-14-6(8)4(3(12)2-15)5(13-14)7(9,10)11/h3,15H,2,12H2,1H3/t3-/m0/s1. The lowest BCUT2D eigenvalue weighted by atomic mass is 10.1. The van der Waals surface area contributed by atoms with E-state index in [1.807, 2.05) is 0 Å². The van der Waals surface area contributed by atoms with Crippen molar-refractivity contribution in [1.29, 1.82) is 0 Å². The van der Waals surface area contributed by atoms with Crippen molar-refractivity contribution in [2.24, 2.45) is 12.8 Å². The van der Waals surface area contributed by atoms with E-state index < -0.39 is 24.5 Å². The van der Waals surface area contributed by atoms with Crippen LogP contribution in [0.3, 0.4) is 0 Å². The molecule has 0 aliphatic heterocycles. The summed E-state index contributed by atoms with van der Waals surface area (Å²) in [5.41, 5.74) is 3.78. The summed E-state index contributed by atoms with van der Waals surface area (Å²) in [6, 6.07) is -1.19. The minimum atomic E-state index is -4.63. The maximum atomic E-state index is 12.5. The highest BCUT2D eigenvalue weighted by Crippen LogP contribution is 2.36. The van der Waals surface area contributed by atoms with Gasteiger partial charge >= 0.3 is 6.18 Å². The molecule has 0 radical (unpaired) electrons. The number of aliphatic hydroxyl groups is 1. The third kappa shape index (κ3) is 2.24. The van der Waals surface area contributed by atoms with Gasteiger partial charge in [-0.25, -0.2) is 0 Å². The molecule has 0 spiro atoms. The molecule has 1 aromatic rings. The summed E-state index contributed by atoms with van der Waals surface area (Å²) in [5.74, 6) is 0. The van der Waals surface area contributed by atoms with Crippen LogP contribution in [0.1, 0.15) is 17.3 Å². The lowest BCUT2D eigenvalue weighted by Crippen LogP contribution is -2.19. The van der Waals surface area contributed by atoms with E-state index in [4.69, 9.17) is 22.4 Å². The zero-order valence-electron chi connectivity index (χ0n) is 7.72. The summed E-state index contributed by atoms with van der Waals surface area (Å²) < 4.78 is 38.3. The van der Waals surface area contributed by atoms with Crippen molar-refractivity contribution in [3.63, 3.8) is 0 Å². The lowest BCUT2D eigenvalue weighted by molar-refractivity contribution is -0.142. The second-order valence-corrected chi connectivity index (χ2v) is 3.32. The molecule has 4 nitrogen and oxygen atoms in total. The van der Waals surface area contributed by atoms with Gasteiger partial charge in [0.2, 0.25) is 0 Å². The van der Waals surface area contributed by atoms with Crippen LogP contribution in [0.15, 0.2) is 0 Å². The second kappa shape index (κ2) is 3.99. The van der Waals surface area contributed by atoms with Crippen LogP contribution in [0, 0.1) is 0 Å². The Hall–Kier alpha value is -0.790. The molecule has 15 heavy (non-hydrogen) atoms. The van der Waals surface area contributed by atoms with Gasteiger partial charge in [0.05, 0.1) is 12.6 Å². The van der Waals surface area contributed by atoms with Gasteiger partial charge in [0.15, 0.2) is 5.69 Å². The van der Waals surface area contributed by atoms with E-state index in [1.54, 1.807) is 0 Å². The number of aliphatic hydroxyl groups excluding tert-OH is 1. The normalized spacial score (nSPS) is 14.3. The molecule has 3 N–H and O–H groups in total. The summed E-state index contributed by atoms with van der Waals surface area (Å²) >= 11 is 5.60. The van der Waals surface area contributed by atoms with Crippen molar-refractivity contribution in [1.82, 2.24) is 9.78 Å². The van der Waals surface area contributed by atoms with E-state index in [1.165, 1.54) is 7.05 Å². The summed E-state index contributed by atoms with van der Waals surface area (Å²) in [6.45, 7) is -0.630. The van der Waals surface area contributed by atoms with Crippen LogP contribution in [0.4, 0.5) is 13.2 Å². The van der Waals surface area contributed by atoms with Crippen LogP contribution in [-0.4, -0.2) is 21.5 Å². The van der Waals surface area contributed by atoms with Crippen LogP contribution < -0.4 is 5.73 Å². The van der Waals surface area contributed by atoms with Crippen LogP contribution in [-0.2, 0) is 13.2 Å². The van der Waals surface area contributed by atoms with Crippen LogP contribution >= 0.6 is 11.6 Å². The maximum Gasteiger partial charge on any atom is 0.435 e. The zero-order chi connectivity index (χ0) is 11.8. The number of halogens is 4. The van der Waals surface area contributed by atoms with Gasteiger partial charge in [0.25, 0.3) is 0 Å². The first kappa shape index (κ1) is 12.3. The first-order chi connectivity index (χ1) is 6.79. The van der Waals surface area contributed by atoms with Gasteiger partial charge in [0.1, 0.15) is 5.15 Å². The van der Waals surface area contributed by atoms with Crippen molar-refractivity contribution in [2.75, 3.05) is 6.61 Å². The number of aromatic nitrogens is 2. The first-order valence-electron chi connectivity index (χ1n) is 3.95. The van der Waals surface area contributed by atoms with Crippen LogP contribution in [0.5, 0.6) is 0 Å². The van der Waals surface area contributed by atoms with E-state index in [0.29, 0.717) is 0 Å². The minimum Gasteiger partial charge on any atom is -0.394 e. The number of alkyl halides is 3. The quantitative estimate of drug-likeness (QED) is 0.817. The predicted octanol–water partition coefficient (Wildman–Crippen LogP) is 1.08. The Labute approximate surface area is 88.4 Å². The lowest BCUT2D eigenvalue weighted by Gasteiger charge is -2.10. The smallest absolute Gasteiger partial charge is 0.394 e. The predicted molar refractivity (Wildman–Crippen MR) is 47.2 cm³/mol. The fourth-order valence-corrected chi connectivity index (χ4v) is 1.42. The molecule has 1 aromatic heterocycles. The molecule has 86 valence electrons. The van der Waals surface area contributed by atoms with Gasteiger partial charge in [0, 0.05) is 12.6 Å². The van der Waals surface area contributed by atoms with Crippen molar-refractivity contribution >= 4 is 11.6 Å². The molecule has 1 heterocycles. The average Bonchev–Trinajstić information content (AvgIpc) is 2.42. The Morgan fingerprint density at radius 3 is 2.53 bits per heavy atom. The molecular weight excluding hydrogens is 235 g/mol. The van der Waals surface area contributed by atoms with Gasteiger partial charge in [-0.1, -0.05) is 11.6 Å². The molecule has 0 aliphatic rings. The molecule has 0 amide bonds. The Balaban J connectivity index is 3.34. The molecule has 0 aromatic carbocycles. The third-order valence-electron chi connectivity index (χ3n) is 1.85. The summed E-state index contributed by atoms with van der Waals surface area (Å²) in [6.07, 6.45) is -4.63. The highest BCUT2D eigenvalue weighted by Gasteiger charge is 2.40. The molecule has 0 saturated carbocycles. The Morgan fingerprint density at radius 2 is 2.13 bits per heavy atom. The molecule has 1 rings (SSSR count). The van der Waals surface area contributed by atoms with Gasteiger partial charge in [-0.2, -0.15) is 18.3 Å². The fraction of sp³-hybridized carbons (Fsp3) is 0.571. The largest absolute Gasteiger partial charge is 0.435 e. The Morgan fingerprint density at radius 1 is 1.60 bits per heavy atom. The van der Waals surface area contributed by atoms with E-state index >= 15 is 0 Å². The Bertz CT molecular complexity index is 363. The number of nitrogens with two attached hydrogens (primary N) is 1. The fourth-order valence-electron chi connectivity index (χ4n) is 1.15. The molecule has 0 fully saturated rings. The molecule has 0 aliphatic carbocycles. The number of hydrogen-bond donors (Lipinski definition) is 2. The number of rotatable bonds is 2. The van der Waals surface area contributed by atoms with Gasteiger partial charge < -0.3 is 10.8 Å². The molecule has 1 atom stereocenters. The molecule has 0 bridgehead atoms. The SMILES string of the molecule is Cn1nc(C(F)(F)F)c([C@@H](N)CO)c1Cl. The highest BCUT2D eigenvalue weighted by atomic mass is 35.5. The van der Waals surface area contributed by atoms with Crippen molar-refractivity contribution < 1.29 is 18.3 Å². The molecule has 8 heteroatoms. The van der Waals surface area contributed by atoms with Gasteiger partial charge in [-0.3, -0.25) is 4.68 Å². The van der Waals surface area contributed by atoms with E-state index in [0.717, 1.165) is 4.68 Å². The summed E-state index contributed by atoms with van der Waals surface area (Å²) in [4.78, 5) is 0. The van der Waals surface area contributed by atoms with Crippen molar-refractivity contribution in [3.8, 4) is 0 Å². The monoisotopic (exact) mass is 243 g/mol. The van der Waals surface area contributed by atoms with Gasteiger partial charge in [-0.15, -0.1) is 0 Å². The number of aryl methyl sites for hydroxylation is 1. The van der Waals surface area contributed by atoms with Crippen molar-refractivity contribution in [3.05, 3.63) is 16.4 Å². The number of hydrogen-bond acceptors (Lipinski definition) is 3. The van der Waals surface area contributed by atoms with Crippen LogP contribution in [0.25, 0.3) is 0 Å². The van der Waals surface area contributed by atoms with E-state index in [-0.39, 0.29) is 10.7 Å². The van der Waals surface area contributed by atoms with Gasteiger partial charge in [-0.05, 0) is 0 Å². The average molecular weight is 244 g/mol. The molecule has 0 unspecified atom stereocenters.